The molecule has 0 spiro atoms. The molecule has 0 unspecified atom stereocenters. The van der Waals surface area contributed by atoms with E-state index in [0.717, 1.165) is 0 Å². The fourth-order valence-electron chi connectivity index (χ4n) is 2.33. The van der Waals surface area contributed by atoms with Crippen molar-refractivity contribution in [3.05, 3.63) is 51.3 Å². The highest BCUT2D eigenvalue weighted by molar-refractivity contribution is 5.94. The molecule has 0 bridgehead atoms. The largest absolute Gasteiger partial charge is 0.378 e. The van der Waals surface area contributed by atoms with Gasteiger partial charge in [-0.25, -0.2) is 10.1 Å². The number of carbonyl (C=O) groups excluding carboxylic acids is 1. The van der Waals surface area contributed by atoms with Crippen LogP contribution in [0.3, 0.4) is 0 Å². The molecule has 29 heavy (non-hydrogen) atoms. The molecule has 0 saturated carbocycles. The molecular weight excluding hydrogens is 384 g/mol. The lowest BCUT2D eigenvalue weighted by Crippen LogP contribution is -2.23. The fourth-order valence-corrected chi connectivity index (χ4v) is 2.33. The number of nitrogens with zero attached hydrogens (tertiary/aromatic N) is 8. The molecular formula is C15H16N10O4. The molecule has 2 aromatic heterocycles. The number of aromatic nitrogens is 5. The number of non-ortho nitro benzene ring substituents is 1. The van der Waals surface area contributed by atoms with Gasteiger partial charge in [-0.2, -0.15) is 9.78 Å². The third-order valence-corrected chi connectivity index (χ3v) is 3.62. The molecule has 2 heterocycles. The Labute approximate surface area is 163 Å². The molecule has 0 radical (unpaired) electrons. The van der Waals surface area contributed by atoms with E-state index < -0.39 is 10.8 Å². The van der Waals surface area contributed by atoms with E-state index in [1.165, 1.54) is 35.2 Å². The Balaban J connectivity index is 1.79. The van der Waals surface area contributed by atoms with Crippen LogP contribution in [0.25, 0.3) is 5.82 Å². The minimum absolute atomic E-state index is 0.00180. The van der Waals surface area contributed by atoms with Gasteiger partial charge in [-0.3, -0.25) is 14.9 Å². The molecule has 0 atom stereocenters. The molecule has 0 fully saturated rings. The Bertz CT molecular complexity index is 1050. The van der Waals surface area contributed by atoms with Crippen molar-refractivity contribution in [3.63, 3.8) is 0 Å². The van der Waals surface area contributed by atoms with E-state index in [1.54, 1.807) is 19.0 Å². The summed E-state index contributed by atoms with van der Waals surface area (Å²) in [6.45, 7) is 0.300. The molecule has 0 aliphatic carbocycles. The lowest BCUT2D eigenvalue weighted by molar-refractivity contribution is -0.384. The number of hydrogen-bond acceptors (Lipinski definition) is 11. The van der Waals surface area contributed by atoms with E-state index in [0.29, 0.717) is 17.8 Å². The number of nitrogen functional groups attached to an aromatic ring is 1. The number of nitrogens with one attached hydrogen (secondary N) is 1. The zero-order chi connectivity index (χ0) is 21.0. The van der Waals surface area contributed by atoms with E-state index in [2.05, 4.69) is 35.8 Å². The molecule has 14 nitrogen and oxygen atoms in total. The molecule has 1 aromatic carbocycles. The Morgan fingerprint density at radius 3 is 2.69 bits per heavy atom. The maximum Gasteiger partial charge on any atom is 0.293 e. The van der Waals surface area contributed by atoms with Crippen LogP contribution in [-0.2, 0) is 6.54 Å². The molecule has 3 rings (SSSR count). The monoisotopic (exact) mass is 400 g/mol. The number of carbonyl (C=O) groups is 1. The Hall–Kier alpha value is -4.20. The normalized spacial score (nSPS) is 11.3. The van der Waals surface area contributed by atoms with E-state index in [-0.39, 0.29) is 23.0 Å². The molecule has 3 aromatic rings. The maximum absolute atomic E-state index is 12.5. The van der Waals surface area contributed by atoms with Crippen LogP contribution in [0.1, 0.15) is 21.7 Å². The van der Waals surface area contributed by atoms with Gasteiger partial charge in [0.1, 0.15) is 0 Å². The lowest BCUT2D eigenvalue weighted by Gasteiger charge is -2.11. The van der Waals surface area contributed by atoms with E-state index in [9.17, 15) is 14.9 Å². The van der Waals surface area contributed by atoms with Crippen LogP contribution in [0.5, 0.6) is 0 Å². The summed E-state index contributed by atoms with van der Waals surface area (Å²) in [6.07, 6.45) is 1.34. The van der Waals surface area contributed by atoms with Crippen molar-refractivity contribution >= 4 is 23.6 Å². The topological polar surface area (TPSA) is 183 Å². The average molecular weight is 400 g/mol. The number of rotatable bonds is 7. The van der Waals surface area contributed by atoms with Crippen LogP contribution in [0, 0.1) is 10.1 Å². The fraction of sp³-hybridized carbons (Fsp3) is 0.200. The van der Waals surface area contributed by atoms with Gasteiger partial charge in [0, 0.05) is 18.7 Å². The van der Waals surface area contributed by atoms with Gasteiger partial charge in [-0.05, 0) is 42.1 Å². The van der Waals surface area contributed by atoms with Crippen molar-refractivity contribution in [1.82, 2.24) is 35.6 Å². The van der Waals surface area contributed by atoms with Gasteiger partial charge in [0.2, 0.25) is 11.6 Å². The molecule has 14 heteroatoms. The smallest absolute Gasteiger partial charge is 0.293 e. The number of hydrazone groups is 1. The van der Waals surface area contributed by atoms with E-state index >= 15 is 0 Å². The highest BCUT2D eigenvalue weighted by atomic mass is 16.6. The maximum atomic E-state index is 12.5. The summed E-state index contributed by atoms with van der Waals surface area (Å²) in [5.41, 5.74) is 8.98. The van der Waals surface area contributed by atoms with Gasteiger partial charge in [-0.1, -0.05) is 5.21 Å². The first kappa shape index (κ1) is 19.6. The van der Waals surface area contributed by atoms with Crippen molar-refractivity contribution in [2.24, 2.45) is 5.10 Å². The molecule has 150 valence electrons. The molecule has 3 N–H and O–H groups in total. The van der Waals surface area contributed by atoms with Crippen LogP contribution in [0.2, 0.25) is 0 Å². The van der Waals surface area contributed by atoms with Gasteiger partial charge in [0.05, 0.1) is 16.8 Å². The second-order valence-electron chi connectivity index (χ2n) is 6.06. The van der Waals surface area contributed by atoms with E-state index in [4.69, 9.17) is 5.73 Å². The average Bonchev–Trinajstić information content (AvgIpc) is 3.27. The van der Waals surface area contributed by atoms with Gasteiger partial charge in [0.25, 0.3) is 11.6 Å². The van der Waals surface area contributed by atoms with Crippen molar-refractivity contribution in [1.29, 1.82) is 0 Å². The zero-order valence-electron chi connectivity index (χ0n) is 15.4. The highest BCUT2D eigenvalue weighted by Gasteiger charge is 2.24. The van der Waals surface area contributed by atoms with Crippen molar-refractivity contribution in [3.8, 4) is 5.82 Å². The Morgan fingerprint density at radius 1 is 1.38 bits per heavy atom. The predicted octanol–water partition coefficient (Wildman–Crippen LogP) is -0.0338. The molecule has 0 saturated heterocycles. The number of nitro benzene ring substituents is 1. The molecule has 0 aliphatic heterocycles. The quantitative estimate of drug-likeness (QED) is 0.310. The standard InChI is InChI=1S/C15H16N10O4/c1-23(2)8-11-12(18-22-24(11)14-13(16)20-29-21-14)15(26)19-17-7-9-3-5-10(6-4-9)25(27)28/h3-7H,8H2,1-2H3,(H2,16,20)(H,19,26)/b17-7+. The number of nitro groups is 1. The summed E-state index contributed by atoms with van der Waals surface area (Å²) >= 11 is 0. The Kier molecular flexibility index (Phi) is 5.54. The zero-order valence-corrected chi connectivity index (χ0v) is 15.4. The first-order valence-electron chi connectivity index (χ1n) is 8.12. The summed E-state index contributed by atoms with van der Waals surface area (Å²) in [7, 11) is 3.60. The molecule has 0 aliphatic rings. The first-order chi connectivity index (χ1) is 13.9. The molecule has 1 amide bonds. The summed E-state index contributed by atoms with van der Waals surface area (Å²) in [6, 6.07) is 5.67. The van der Waals surface area contributed by atoms with Crippen LogP contribution in [0.4, 0.5) is 11.5 Å². The number of anilines is 1. The number of amides is 1. The third kappa shape index (κ3) is 4.38. The van der Waals surface area contributed by atoms with Crippen molar-refractivity contribution in [2.75, 3.05) is 19.8 Å². The summed E-state index contributed by atoms with van der Waals surface area (Å²) in [5, 5.41) is 29.5. The van der Waals surface area contributed by atoms with Gasteiger partial charge in [0.15, 0.2) is 5.69 Å². The van der Waals surface area contributed by atoms with Gasteiger partial charge >= 0.3 is 0 Å². The Morgan fingerprint density at radius 2 is 2.10 bits per heavy atom. The number of hydrogen-bond donors (Lipinski definition) is 2. The predicted molar refractivity (Wildman–Crippen MR) is 99.2 cm³/mol. The van der Waals surface area contributed by atoms with Crippen LogP contribution >= 0.6 is 0 Å². The third-order valence-electron chi connectivity index (χ3n) is 3.62. The van der Waals surface area contributed by atoms with Gasteiger partial charge in [-0.15, -0.1) is 5.10 Å². The minimum Gasteiger partial charge on any atom is -0.378 e. The summed E-state index contributed by atoms with van der Waals surface area (Å²) in [5.74, 6) is -0.498. The van der Waals surface area contributed by atoms with Crippen molar-refractivity contribution < 1.29 is 14.3 Å². The SMILES string of the molecule is CN(C)Cc1c(C(=O)N/N=C/c2ccc([N+](=O)[O-])cc2)nnn1-c1nonc1N. The van der Waals surface area contributed by atoms with Crippen LogP contribution < -0.4 is 11.2 Å². The van der Waals surface area contributed by atoms with Crippen LogP contribution in [-0.4, -0.2) is 61.3 Å². The summed E-state index contributed by atoms with van der Waals surface area (Å²) in [4.78, 5) is 24.5. The number of nitrogens with two attached hydrogens (primary N) is 1. The van der Waals surface area contributed by atoms with E-state index in [1.807, 2.05) is 0 Å². The van der Waals surface area contributed by atoms with Gasteiger partial charge < -0.3 is 10.6 Å². The van der Waals surface area contributed by atoms with Crippen LogP contribution in [0.15, 0.2) is 34.0 Å². The lowest BCUT2D eigenvalue weighted by atomic mass is 10.2. The highest BCUT2D eigenvalue weighted by Crippen LogP contribution is 2.17. The number of benzene rings is 1. The second kappa shape index (κ2) is 8.22. The van der Waals surface area contributed by atoms with Crippen molar-refractivity contribution in [2.45, 2.75) is 6.54 Å². The minimum atomic E-state index is -0.610. The summed E-state index contributed by atoms with van der Waals surface area (Å²) < 4.78 is 5.84. The second-order valence-corrected chi connectivity index (χ2v) is 6.06. The first-order valence-corrected chi connectivity index (χ1v) is 8.12.